The number of aromatic hydroxyl groups is 2. The molecule has 2 aliphatic rings. The monoisotopic (exact) mass is 333 g/mol. The van der Waals surface area contributed by atoms with Crippen molar-refractivity contribution in [3.63, 3.8) is 0 Å². The molecule has 1 aromatic carbocycles. The Bertz CT molecular complexity index is 695. The van der Waals surface area contributed by atoms with Gasteiger partial charge in [0.15, 0.2) is 11.5 Å². The molecule has 0 amide bonds. The Morgan fingerprint density at radius 3 is 2.46 bits per heavy atom. The van der Waals surface area contributed by atoms with E-state index in [1.54, 1.807) is 0 Å². The molecule has 0 aliphatic carbocycles. The second-order valence-electron chi connectivity index (χ2n) is 8.08. The van der Waals surface area contributed by atoms with Gasteiger partial charge in [-0.3, -0.25) is 4.90 Å². The summed E-state index contributed by atoms with van der Waals surface area (Å²) in [4.78, 5) is 14.4. The minimum absolute atomic E-state index is 0.0582. The maximum atomic E-state index is 12.4. The molecule has 1 fully saturated rings. The van der Waals surface area contributed by atoms with Crippen LogP contribution in [0.3, 0.4) is 0 Å². The van der Waals surface area contributed by atoms with Gasteiger partial charge in [-0.05, 0) is 51.0 Å². The van der Waals surface area contributed by atoms with Crippen molar-refractivity contribution in [2.24, 2.45) is 0 Å². The van der Waals surface area contributed by atoms with Gasteiger partial charge in [0.2, 0.25) is 0 Å². The third-order valence-corrected chi connectivity index (χ3v) is 5.90. The van der Waals surface area contributed by atoms with Crippen LogP contribution in [0.2, 0.25) is 0 Å². The van der Waals surface area contributed by atoms with Crippen LogP contribution in [0, 0.1) is 0 Å². The Balaban J connectivity index is 2.31. The van der Waals surface area contributed by atoms with Gasteiger partial charge in [0.05, 0.1) is 0 Å². The summed E-state index contributed by atoms with van der Waals surface area (Å²) in [5, 5.41) is 31.4. The molecule has 0 radical (unpaired) electrons. The molecule has 5 nitrogen and oxygen atoms in total. The third-order valence-electron chi connectivity index (χ3n) is 5.90. The third kappa shape index (κ3) is 2.14. The second-order valence-corrected chi connectivity index (χ2v) is 8.08. The van der Waals surface area contributed by atoms with Crippen molar-refractivity contribution in [1.29, 1.82) is 0 Å². The first-order valence-electron chi connectivity index (χ1n) is 8.72. The lowest BCUT2D eigenvalue weighted by Gasteiger charge is -2.56. The van der Waals surface area contributed by atoms with E-state index in [0.29, 0.717) is 30.5 Å². The highest BCUT2D eigenvalue weighted by Gasteiger charge is 2.57. The molecule has 0 bridgehead atoms. The molecule has 1 aromatic rings. The fourth-order valence-corrected chi connectivity index (χ4v) is 4.71. The summed E-state index contributed by atoms with van der Waals surface area (Å²) in [5.41, 5.74) is 0.413. The van der Waals surface area contributed by atoms with Crippen LogP contribution in [0.1, 0.15) is 69.6 Å². The van der Waals surface area contributed by atoms with E-state index in [1.165, 1.54) is 0 Å². The maximum Gasteiger partial charge on any atom is 0.328 e. The number of phenols is 2. The highest BCUT2D eigenvalue weighted by Crippen LogP contribution is 2.54. The van der Waals surface area contributed by atoms with Crippen molar-refractivity contribution in [1.82, 2.24) is 4.90 Å². The quantitative estimate of drug-likeness (QED) is 0.723. The summed E-state index contributed by atoms with van der Waals surface area (Å²) < 4.78 is 0. The van der Waals surface area contributed by atoms with Gasteiger partial charge in [0.25, 0.3) is 0 Å². The number of carboxylic acids is 1. The molecule has 0 aromatic heterocycles. The van der Waals surface area contributed by atoms with E-state index < -0.39 is 11.5 Å². The van der Waals surface area contributed by atoms with Crippen LogP contribution in [-0.2, 0) is 16.8 Å². The molecular formula is C19H27NO4. The topological polar surface area (TPSA) is 81.0 Å². The van der Waals surface area contributed by atoms with Crippen LogP contribution in [0.15, 0.2) is 6.07 Å². The molecule has 0 saturated carbocycles. The number of rotatable bonds is 2. The molecule has 0 unspecified atom stereocenters. The van der Waals surface area contributed by atoms with Crippen LogP contribution in [0.4, 0.5) is 0 Å². The largest absolute Gasteiger partial charge is 0.504 e. The number of carboxylic acid groups (broad SMARTS) is 1. The normalized spacial score (nSPS) is 26.0. The minimum atomic E-state index is -1.26. The maximum absolute atomic E-state index is 12.4. The summed E-state index contributed by atoms with van der Waals surface area (Å²) in [6.07, 6.45) is 2.84. The molecule has 0 spiro atoms. The number of hydrogen-bond acceptors (Lipinski definition) is 4. The van der Waals surface area contributed by atoms with E-state index in [9.17, 15) is 20.1 Å². The number of nitrogens with zero attached hydrogens (tertiary/aromatic N) is 1. The average Bonchev–Trinajstić information content (AvgIpc) is 2.49. The molecule has 3 N–H and O–H groups in total. The lowest BCUT2D eigenvalue weighted by molar-refractivity contribution is -0.165. The van der Waals surface area contributed by atoms with E-state index >= 15 is 0 Å². The van der Waals surface area contributed by atoms with Gasteiger partial charge in [-0.25, -0.2) is 4.79 Å². The lowest BCUT2D eigenvalue weighted by atomic mass is 9.69. The van der Waals surface area contributed by atoms with Crippen LogP contribution >= 0.6 is 0 Å². The molecule has 1 atom stereocenters. The van der Waals surface area contributed by atoms with Crippen molar-refractivity contribution < 1.29 is 20.1 Å². The Hall–Kier alpha value is -1.75. The average molecular weight is 333 g/mol. The number of phenolic OH excluding ortho intramolecular Hbond substituents is 2. The summed E-state index contributed by atoms with van der Waals surface area (Å²) in [6.45, 7) is 8.68. The zero-order chi connectivity index (χ0) is 17.9. The van der Waals surface area contributed by atoms with Crippen molar-refractivity contribution in [2.75, 3.05) is 6.54 Å². The van der Waals surface area contributed by atoms with Crippen LogP contribution in [0.5, 0.6) is 11.5 Å². The van der Waals surface area contributed by atoms with E-state index in [1.807, 2.05) is 24.8 Å². The minimum Gasteiger partial charge on any atom is -0.504 e. The fourth-order valence-electron chi connectivity index (χ4n) is 4.71. The Morgan fingerprint density at radius 2 is 1.88 bits per heavy atom. The second kappa shape index (κ2) is 5.38. The summed E-state index contributed by atoms with van der Waals surface area (Å²) >= 11 is 0. The van der Waals surface area contributed by atoms with Gasteiger partial charge < -0.3 is 15.3 Å². The predicted octanol–water partition coefficient (Wildman–Crippen LogP) is 3.32. The van der Waals surface area contributed by atoms with Gasteiger partial charge in [-0.2, -0.15) is 0 Å². The van der Waals surface area contributed by atoms with Crippen LogP contribution in [-0.4, -0.2) is 38.3 Å². The summed E-state index contributed by atoms with van der Waals surface area (Å²) in [7, 11) is 0. The number of carbonyl (C=O) groups is 1. The zero-order valence-electron chi connectivity index (χ0n) is 14.9. The van der Waals surface area contributed by atoms with Gasteiger partial charge >= 0.3 is 5.97 Å². The molecule has 2 heterocycles. The Labute approximate surface area is 142 Å². The first-order valence-corrected chi connectivity index (χ1v) is 8.72. The van der Waals surface area contributed by atoms with E-state index in [4.69, 9.17) is 0 Å². The van der Waals surface area contributed by atoms with Crippen molar-refractivity contribution >= 4 is 5.97 Å². The lowest BCUT2D eigenvalue weighted by Crippen LogP contribution is -2.65. The van der Waals surface area contributed by atoms with Gasteiger partial charge in [-0.15, -0.1) is 0 Å². The van der Waals surface area contributed by atoms with E-state index in [-0.39, 0.29) is 23.0 Å². The first-order chi connectivity index (χ1) is 11.1. The summed E-state index contributed by atoms with van der Waals surface area (Å²) in [6, 6.07) is 1.89. The van der Waals surface area contributed by atoms with E-state index in [0.717, 1.165) is 18.4 Å². The Kier molecular flexibility index (Phi) is 3.83. The molecule has 132 valence electrons. The van der Waals surface area contributed by atoms with Crippen molar-refractivity contribution in [3.8, 4) is 11.5 Å². The molecule has 2 aliphatic heterocycles. The summed E-state index contributed by atoms with van der Waals surface area (Å²) in [5.74, 6) is -1.30. The molecule has 1 saturated heterocycles. The fraction of sp³-hybridized carbons (Fsp3) is 0.632. The van der Waals surface area contributed by atoms with Gasteiger partial charge in [0.1, 0.15) is 5.54 Å². The molecular weight excluding hydrogens is 306 g/mol. The van der Waals surface area contributed by atoms with Gasteiger partial charge in [-0.1, -0.05) is 19.9 Å². The first kappa shape index (κ1) is 17.1. The molecule has 24 heavy (non-hydrogen) atoms. The van der Waals surface area contributed by atoms with Crippen LogP contribution in [0.25, 0.3) is 0 Å². The number of fused-ring (bicyclic) bond motifs is 3. The Morgan fingerprint density at radius 1 is 1.21 bits per heavy atom. The molecule has 5 heteroatoms. The zero-order valence-corrected chi connectivity index (χ0v) is 14.9. The van der Waals surface area contributed by atoms with Gasteiger partial charge in [0, 0.05) is 23.2 Å². The standard InChI is InChI=1S/C19H27NO4/c1-11(2)13-10-12-6-9-20-18(3,4)7-5-8-19(20,17(23)24)14(12)16(22)15(13)21/h10-11,21-22H,5-9H2,1-4H3,(H,23,24)/t19-/m1/s1. The SMILES string of the molecule is CC(C)c1cc2c(c(O)c1O)[C@@]1(C(=O)O)CCCC(C)(C)N1CC2. The highest BCUT2D eigenvalue weighted by atomic mass is 16.4. The van der Waals surface area contributed by atoms with Crippen molar-refractivity contribution in [2.45, 2.75) is 70.4 Å². The number of aliphatic carboxylic acids is 1. The predicted molar refractivity (Wildman–Crippen MR) is 91.5 cm³/mol. The highest BCUT2D eigenvalue weighted by molar-refractivity contribution is 5.84. The molecule has 3 rings (SSSR count). The number of piperidine rings is 1. The van der Waals surface area contributed by atoms with Crippen molar-refractivity contribution in [3.05, 3.63) is 22.8 Å². The van der Waals surface area contributed by atoms with E-state index in [2.05, 4.69) is 13.8 Å². The smallest absolute Gasteiger partial charge is 0.328 e. The van der Waals surface area contributed by atoms with Crippen LogP contribution < -0.4 is 0 Å². The number of benzene rings is 1. The number of hydrogen-bond donors (Lipinski definition) is 3.